The summed E-state index contributed by atoms with van der Waals surface area (Å²) in [7, 11) is 0. The molecule has 0 bridgehead atoms. The van der Waals surface area contributed by atoms with Gasteiger partial charge in [-0.15, -0.1) is 0 Å². The van der Waals surface area contributed by atoms with Crippen molar-refractivity contribution in [2.45, 2.75) is 38.5 Å². The molecule has 1 aliphatic heterocycles. The summed E-state index contributed by atoms with van der Waals surface area (Å²) in [6.45, 7) is 7.42. The quantitative estimate of drug-likeness (QED) is 0.769. The Kier molecular flexibility index (Phi) is 2.75. The Morgan fingerprint density at radius 2 is 2.06 bits per heavy atom. The molecule has 0 saturated carbocycles. The summed E-state index contributed by atoms with van der Waals surface area (Å²) in [4.78, 5) is 11.2. The van der Waals surface area contributed by atoms with Crippen LogP contribution in [0.1, 0.15) is 44.2 Å². The van der Waals surface area contributed by atoms with E-state index in [1.807, 2.05) is 0 Å². The highest BCUT2D eigenvalue weighted by atomic mass is 16.1. The van der Waals surface area contributed by atoms with Crippen molar-refractivity contribution in [2.24, 2.45) is 0 Å². The fourth-order valence-corrected chi connectivity index (χ4v) is 2.10. The Balaban J connectivity index is 2.26. The van der Waals surface area contributed by atoms with Gasteiger partial charge in [0.1, 0.15) is 0 Å². The van der Waals surface area contributed by atoms with Crippen molar-refractivity contribution in [1.29, 1.82) is 0 Å². The highest BCUT2D eigenvalue weighted by Gasteiger charge is 2.24. The summed E-state index contributed by atoms with van der Waals surface area (Å²) in [6.07, 6.45) is 0.633. The third-order valence-electron chi connectivity index (χ3n) is 3.20. The van der Waals surface area contributed by atoms with Crippen LogP contribution in [0, 0.1) is 0 Å². The molecule has 1 aromatic rings. The largest absolute Gasteiger partial charge is 0.355 e. The fourth-order valence-electron chi connectivity index (χ4n) is 2.10. The van der Waals surface area contributed by atoms with E-state index < -0.39 is 0 Å². The predicted molar refractivity (Wildman–Crippen MR) is 65.5 cm³/mol. The maximum Gasteiger partial charge on any atom is 0.220 e. The highest BCUT2D eigenvalue weighted by molar-refractivity contribution is 5.79. The number of amides is 1. The van der Waals surface area contributed by atoms with Gasteiger partial charge in [0.2, 0.25) is 5.91 Å². The second-order valence-electron chi connectivity index (χ2n) is 5.58. The Morgan fingerprint density at radius 3 is 2.62 bits per heavy atom. The number of benzene rings is 1. The molecule has 1 heterocycles. The summed E-state index contributed by atoms with van der Waals surface area (Å²) in [5.74, 6) is 0.529. The normalized spacial score (nSPS) is 20.9. The molecule has 1 fully saturated rings. The minimum absolute atomic E-state index is 0.172. The van der Waals surface area contributed by atoms with Gasteiger partial charge in [0, 0.05) is 18.9 Å². The Labute approximate surface area is 97.1 Å². The Morgan fingerprint density at radius 1 is 1.31 bits per heavy atom. The van der Waals surface area contributed by atoms with Crippen LogP contribution in [-0.4, -0.2) is 12.5 Å². The van der Waals surface area contributed by atoms with Gasteiger partial charge >= 0.3 is 0 Å². The van der Waals surface area contributed by atoms with E-state index in [0.717, 1.165) is 6.54 Å². The summed E-state index contributed by atoms with van der Waals surface area (Å²) >= 11 is 0. The summed E-state index contributed by atoms with van der Waals surface area (Å²) in [6, 6.07) is 8.62. The second-order valence-corrected chi connectivity index (χ2v) is 5.58. The van der Waals surface area contributed by atoms with E-state index in [4.69, 9.17) is 0 Å². The van der Waals surface area contributed by atoms with E-state index in [2.05, 4.69) is 50.4 Å². The lowest BCUT2D eigenvalue weighted by molar-refractivity contribution is -0.119. The maximum absolute atomic E-state index is 11.2. The van der Waals surface area contributed by atoms with E-state index in [1.54, 1.807) is 0 Å². The first-order valence-corrected chi connectivity index (χ1v) is 5.84. The zero-order valence-corrected chi connectivity index (χ0v) is 10.2. The number of carbonyl (C=O) groups excluding carboxylic acids is 1. The first kappa shape index (κ1) is 11.2. The van der Waals surface area contributed by atoms with Crippen molar-refractivity contribution in [2.75, 3.05) is 6.54 Å². The minimum atomic E-state index is 0.172. The Bertz CT molecular complexity index is 403. The Hall–Kier alpha value is -1.31. The third-order valence-corrected chi connectivity index (χ3v) is 3.20. The second kappa shape index (κ2) is 3.93. The molecule has 1 amide bonds. The van der Waals surface area contributed by atoms with E-state index in [0.29, 0.717) is 12.3 Å². The molecule has 1 atom stereocenters. The first-order valence-electron chi connectivity index (χ1n) is 5.84. The minimum Gasteiger partial charge on any atom is -0.355 e. The molecule has 16 heavy (non-hydrogen) atoms. The van der Waals surface area contributed by atoms with Gasteiger partial charge in [-0.05, 0) is 16.5 Å². The van der Waals surface area contributed by atoms with Crippen LogP contribution in [0.5, 0.6) is 0 Å². The first-order chi connectivity index (χ1) is 7.47. The lowest BCUT2D eigenvalue weighted by Gasteiger charge is -2.20. The number of hydrogen-bond donors (Lipinski definition) is 1. The number of carbonyl (C=O) groups is 1. The monoisotopic (exact) mass is 217 g/mol. The van der Waals surface area contributed by atoms with Gasteiger partial charge in [-0.2, -0.15) is 0 Å². The lowest BCUT2D eigenvalue weighted by atomic mass is 9.84. The third kappa shape index (κ3) is 2.26. The van der Waals surface area contributed by atoms with Crippen LogP contribution < -0.4 is 5.32 Å². The van der Waals surface area contributed by atoms with Gasteiger partial charge in [0.25, 0.3) is 0 Å². The van der Waals surface area contributed by atoms with Gasteiger partial charge in [0.15, 0.2) is 0 Å². The van der Waals surface area contributed by atoms with Crippen LogP contribution in [0.2, 0.25) is 0 Å². The molecule has 86 valence electrons. The molecule has 0 aromatic heterocycles. The van der Waals surface area contributed by atoms with Crippen LogP contribution in [0.15, 0.2) is 24.3 Å². The molecule has 1 aromatic carbocycles. The van der Waals surface area contributed by atoms with Gasteiger partial charge in [-0.3, -0.25) is 4.79 Å². The lowest BCUT2D eigenvalue weighted by Crippen LogP contribution is -2.14. The van der Waals surface area contributed by atoms with Crippen LogP contribution in [0.3, 0.4) is 0 Å². The molecule has 1 unspecified atom stereocenters. The van der Waals surface area contributed by atoms with Gasteiger partial charge < -0.3 is 5.32 Å². The molecular weight excluding hydrogens is 198 g/mol. The van der Waals surface area contributed by atoms with Crippen molar-refractivity contribution in [1.82, 2.24) is 5.32 Å². The molecule has 0 aliphatic carbocycles. The maximum atomic E-state index is 11.2. The van der Waals surface area contributed by atoms with Crippen LogP contribution >= 0.6 is 0 Å². The van der Waals surface area contributed by atoms with E-state index >= 15 is 0 Å². The molecule has 2 rings (SSSR count). The van der Waals surface area contributed by atoms with Gasteiger partial charge in [0.05, 0.1) is 0 Å². The van der Waals surface area contributed by atoms with Crippen molar-refractivity contribution in [3.05, 3.63) is 35.4 Å². The standard InChI is InChI=1S/C14H19NO/c1-14(2,3)12-6-4-5-10(7-12)11-8-13(16)15-9-11/h4-7,11H,8-9H2,1-3H3,(H,15,16). The molecule has 0 spiro atoms. The molecule has 0 radical (unpaired) electrons. The van der Waals surface area contributed by atoms with E-state index in [9.17, 15) is 4.79 Å². The highest BCUT2D eigenvalue weighted by Crippen LogP contribution is 2.28. The number of nitrogens with one attached hydrogen (secondary N) is 1. The molecular formula is C14H19NO. The summed E-state index contributed by atoms with van der Waals surface area (Å²) in [5.41, 5.74) is 2.79. The van der Waals surface area contributed by atoms with Crippen molar-refractivity contribution < 1.29 is 4.79 Å². The fraction of sp³-hybridized carbons (Fsp3) is 0.500. The van der Waals surface area contributed by atoms with Crippen molar-refractivity contribution in [3.8, 4) is 0 Å². The smallest absolute Gasteiger partial charge is 0.220 e. The average molecular weight is 217 g/mol. The van der Waals surface area contributed by atoms with Gasteiger partial charge in [-0.1, -0.05) is 45.0 Å². The van der Waals surface area contributed by atoms with Gasteiger partial charge in [-0.25, -0.2) is 0 Å². The molecule has 2 heteroatoms. The predicted octanol–water partition coefficient (Wildman–Crippen LogP) is 2.59. The van der Waals surface area contributed by atoms with E-state index in [-0.39, 0.29) is 11.3 Å². The SMILES string of the molecule is CC(C)(C)c1cccc(C2CNC(=O)C2)c1. The van der Waals surface area contributed by atoms with Crippen molar-refractivity contribution >= 4 is 5.91 Å². The molecule has 2 nitrogen and oxygen atoms in total. The average Bonchev–Trinajstić information content (AvgIpc) is 2.64. The van der Waals surface area contributed by atoms with Crippen LogP contribution in [0.25, 0.3) is 0 Å². The summed E-state index contributed by atoms with van der Waals surface area (Å²) < 4.78 is 0. The van der Waals surface area contributed by atoms with Crippen molar-refractivity contribution in [3.63, 3.8) is 0 Å². The zero-order chi connectivity index (χ0) is 11.8. The zero-order valence-electron chi connectivity index (χ0n) is 10.2. The van der Waals surface area contributed by atoms with Crippen LogP contribution in [-0.2, 0) is 10.2 Å². The van der Waals surface area contributed by atoms with Crippen LogP contribution in [0.4, 0.5) is 0 Å². The van der Waals surface area contributed by atoms with E-state index in [1.165, 1.54) is 11.1 Å². The molecule has 1 saturated heterocycles. The molecule has 1 N–H and O–H groups in total. The molecule has 1 aliphatic rings. The topological polar surface area (TPSA) is 29.1 Å². The number of hydrogen-bond acceptors (Lipinski definition) is 1. The summed E-state index contributed by atoms with van der Waals surface area (Å²) in [5, 5.41) is 2.89. The number of rotatable bonds is 1.